The van der Waals surface area contributed by atoms with Crippen molar-refractivity contribution in [2.24, 2.45) is 0 Å². The van der Waals surface area contributed by atoms with Gasteiger partial charge in [-0.1, -0.05) is 133 Å². The number of hydrogen-bond donors (Lipinski definition) is 0. The summed E-state index contributed by atoms with van der Waals surface area (Å²) in [7, 11) is 0. The fraction of sp³-hybridized carbons (Fsp3) is 0. The maximum Gasteiger partial charge on any atom is 0.159 e. The molecule has 0 amide bonds. The van der Waals surface area contributed by atoms with Gasteiger partial charge in [0.15, 0.2) is 5.58 Å². The monoisotopic (exact) mass is 643 g/mol. The molecule has 3 heteroatoms. The molecule has 0 fully saturated rings. The number of nitrogens with zero attached hydrogens (tertiary/aromatic N) is 1. The van der Waals surface area contributed by atoms with E-state index in [1.54, 1.807) is 0 Å². The number of fused-ring (bicyclic) bond motifs is 8. The highest BCUT2D eigenvalue weighted by Gasteiger charge is 2.21. The van der Waals surface area contributed by atoms with Crippen molar-refractivity contribution in [2.45, 2.75) is 0 Å². The molecular formula is C46H29NOS. The molecule has 2 heterocycles. The van der Waals surface area contributed by atoms with Crippen molar-refractivity contribution in [1.82, 2.24) is 0 Å². The lowest BCUT2D eigenvalue weighted by Crippen LogP contribution is -2.10. The number of thiophene rings is 1. The predicted octanol–water partition coefficient (Wildman–Crippen LogP) is 13.9. The van der Waals surface area contributed by atoms with E-state index in [1.165, 1.54) is 53.2 Å². The average Bonchev–Trinajstić information content (AvgIpc) is 3.74. The summed E-state index contributed by atoms with van der Waals surface area (Å²) in [6.45, 7) is 0. The molecule has 2 aromatic heterocycles. The molecule has 0 aliphatic rings. The number of benzene rings is 8. The minimum absolute atomic E-state index is 0.880. The topological polar surface area (TPSA) is 16.4 Å². The number of anilines is 3. The van der Waals surface area contributed by atoms with E-state index in [0.717, 1.165) is 39.0 Å². The fourth-order valence-corrected chi connectivity index (χ4v) is 8.61. The second-order valence-electron chi connectivity index (χ2n) is 12.5. The first-order valence-corrected chi connectivity index (χ1v) is 17.4. The van der Waals surface area contributed by atoms with Gasteiger partial charge in [-0.15, -0.1) is 11.3 Å². The summed E-state index contributed by atoms with van der Waals surface area (Å²) in [5.74, 6) is 0. The average molecular weight is 644 g/mol. The zero-order valence-electron chi connectivity index (χ0n) is 26.5. The van der Waals surface area contributed by atoms with Crippen LogP contribution in [0, 0.1) is 0 Å². The standard InChI is InChI=1S/C46H29NOS/c1-3-12-30(13-4-1)31-22-24-33(25-23-31)47(42-20-11-19-38-36-17-9-10-21-43(36)48-45(38)42)34-26-27-37-41-29-40(32-14-5-2-6-15-32)35-16-7-8-18-39(35)46(41)49-44(37)28-34/h1-29H. The molecule has 0 saturated carbocycles. The summed E-state index contributed by atoms with van der Waals surface area (Å²) < 4.78 is 9.18. The van der Waals surface area contributed by atoms with Crippen molar-refractivity contribution in [1.29, 1.82) is 0 Å². The van der Waals surface area contributed by atoms with Gasteiger partial charge in [0.1, 0.15) is 5.58 Å². The molecule has 0 bridgehead atoms. The van der Waals surface area contributed by atoms with Crippen LogP contribution in [0.2, 0.25) is 0 Å². The Morgan fingerprint density at radius 1 is 0.408 bits per heavy atom. The minimum atomic E-state index is 0.880. The third-order valence-corrected chi connectivity index (χ3v) is 10.9. The van der Waals surface area contributed by atoms with E-state index < -0.39 is 0 Å². The number of rotatable bonds is 5. The van der Waals surface area contributed by atoms with Crippen LogP contribution in [-0.2, 0) is 0 Å². The SMILES string of the molecule is c1ccc(-c2ccc(N(c3ccc4c(c3)sc3c5ccccc5c(-c5ccccc5)cc43)c3cccc4c3oc3ccccc34)cc2)cc1. The molecular weight excluding hydrogens is 615 g/mol. The van der Waals surface area contributed by atoms with E-state index >= 15 is 0 Å². The van der Waals surface area contributed by atoms with E-state index in [9.17, 15) is 0 Å². The van der Waals surface area contributed by atoms with Crippen molar-refractivity contribution in [3.8, 4) is 22.3 Å². The van der Waals surface area contributed by atoms with Crippen LogP contribution in [0.1, 0.15) is 0 Å². The summed E-state index contributed by atoms with van der Waals surface area (Å²) in [5.41, 5.74) is 9.84. The number of furan rings is 1. The lowest BCUT2D eigenvalue weighted by Gasteiger charge is -2.26. The van der Waals surface area contributed by atoms with Gasteiger partial charge >= 0.3 is 0 Å². The lowest BCUT2D eigenvalue weighted by atomic mass is 9.95. The molecule has 0 unspecified atom stereocenters. The van der Waals surface area contributed by atoms with Crippen LogP contribution >= 0.6 is 11.3 Å². The number of para-hydroxylation sites is 2. The molecule has 0 aliphatic carbocycles. The molecule has 0 radical (unpaired) electrons. The Bertz CT molecular complexity index is 2810. The summed E-state index contributed by atoms with van der Waals surface area (Å²) in [4.78, 5) is 2.34. The summed E-state index contributed by atoms with van der Waals surface area (Å²) in [6, 6.07) is 63.0. The third-order valence-electron chi connectivity index (χ3n) is 9.66. The van der Waals surface area contributed by atoms with E-state index in [0.29, 0.717) is 0 Å². The second kappa shape index (κ2) is 11.2. The molecule has 0 atom stereocenters. The molecule has 0 saturated heterocycles. The van der Waals surface area contributed by atoms with E-state index in [-0.39, 0.29) is 0 Å². The van der Waals surface area contributed by atoms with Crippen molar-refractivity contribution in [3.63, 3.8) is 0 Å². The molecule has 10 rings (SSSR count). The smallest absolute Gasteiger partial charge is 0.159 e. The molecule has 0 aliphatic heterocycles. The molecule has 0 spiro atoms. The highest BCUT2D eigenvalue weighted by Crippen LogP contribution is 2.47. The van der Waals surface area contributed by atoms with Gasteiger partial charge < -0.3 is 9.32 Å². The van der Waals surface area contributed by atoms with E-state index in [4.69, 9.17) is 4.42 Å². The first-order chi connectivity index (χ1) is 24.3. The van der Waals surface area contributed by atoms with Crippen molar-refractivity contribution >= 4 is 81.3 Å². The maximum atomic E-state index is 6.60. The number of hydrogen-bond acceptors (Lipinski definition) is 3. The quantitative estimate of drug-likeness (QED) is 0.186. The summed E-state index contributed by atoms with van der Waals surface area (Å²) >= 11 is 1.87. The van der Waals surface area contributed by atoms with Crippen LogP contribution < -0.4 is 4.90 Å². The molecule has 2 nitrogen and oxygen atoms in total. The maximum absolute atomic E-state index is 6.60. The molecule has 10 aromatic rings. The van der Waals surface area contributed by atoms with Gasteiger partial charge in [0.05, 0.1) is 5.69 Å². The first kappa shape index (κ1) is 27.9. The summed E-state index contributed by atoms with van der Waals surface area (Å²) in [5, 5.41) is 7.38. The predicted molar refractivity (Wildman–Crippen MR) is 210 cm³/mol. The zero-order valence-corrected chi connectivity index (χ0v) is 27.3. The Hall–Kier alpha value is -6.16. The van der Waals surface area contributed by atoms with E-state index in [2.05, 4.69) is 175 Å². The highest BCUT2D eigenvalue weighted by molar-refractivity contribution is 7.26. The molecule has 0 N–H and O–H groups in total. The van der Waals surface area contributed by atoms with Gasteiger partial charge in [0.25, 0.3) is 0 Å². The lowest BCUT2D eigenvalue weighted by molar-refractivity contribution is 0.669. The Labute approximate surface area is 287 Å². The Kier molecular flexibility index (Phi) is 6.39. The summed E-state index contributed by atoms with van der Waals surface area (Å²) in [6.07, 6.45) is 0. The van der Waals surface area contributed by atoms with Gasteiger partial charge in [-0.2, -0.15) is 0 Å². The van der Waals surface area contributed by atoms with Crippen LogP contribution in [0.15, 0.2) is 180 Å². The fourth-order valence-electron chi connectivity index (χ4n) is 7.35. The normalized spacial score (nSPS) is 11.7. The highest BCUT2D eigenvalue weighted by atomic mass is 32.1. The van der Waals surface area contributed by atoms with Gasteiger partial charge in [0.2, 0.25) is 0 Å². The van der Waals surface area contributed by atoms with Crippen molar-refractivity contribution in [3.05, 3.63) is 176 Å². The van der Waals surface area contributed by atoms with Gasteiger partial charge in [-0.25, -0.2) is 0 Å². The van der Waals surface area contributed by atoms with Gasteiger partial charge in [0, 0.05) is 47.7 Å². The Morgan fingerprint density at radius 2 is 1.04 bits per heavy atom. The minimum Gasteiger partial charge on any atom is -0.454 e. The molecule has 49 heavy (non-hydrogen) atoms. The van der Waals surface area contributed by atoms with Crippen LogP contribution in [-0.4, -0.2) is 0 Å². The first-order valence-electron chi connectivity index (χ1n) is 16.6. The Morgan fingerprint density at radius 3 is 1.84 bits per heavy atom. The van der Waals surface area contributed by atoms with Crippen LogP contribution in [0.3, 0.4) is 0 Å². The van der Waals surface area contributed by atoms with Crippen molar-refractivity contribution in [2.75, 3.05) is 4.90 Å². The third kappa shape index (κ3) is 4.55. The second-order valence-corrected chi connectivity index (χ2v) is 13.5. The molecule has 230 valence electrons. The van der Waals surface area contributed by atoms with Crippen LogP contribution in [0.5, 0.6) is 0 Å². The largest absolute Gasteiger partial charge is 0.454 e. The molecule has 8 aromatic carbocycles. The Balaban J connectivity index is 1.20. The van der Waals surface area contributed by atoms with Crippen molar-refractivity contribution < 1.29 is 4.42 Å². The zero-order chi connectivity index (χ0) is 32.3. The van der Waals surface area contributed by atoms with Crippen LogP contribution in [0.25, 0.3) is 75.1 Å². The van der Waals surface area contributed by atoms with Crippen LogP contribution in [0.4, 0.5) is 17.1 Å². The van der Waals surface area contributed by atoms with Gasteiger partial charge in [-0.05, 0) is 70.1 Å². The van der Waals surface area contributed by atoms with E-state index in [1.807, 2.05) is 17.4 Å². The van der Waals surface area contributed by atoms with Gasteiger partial charge in [-0.3, -0.25) is 0 Å².